The Kier molecular flexibility index (Phi) is 5.74. The Bertz CT molecular complexity index is 910. The SMILES string of the molecule is CC(C)NC(=O)[C@H](C)OC(=O)[C@@H]1CCCCN1C1=NS(=O)(=O)c2ccccc21. The number of hydrogen-bond donors (Lipinski definition) is 1. The second kappa shape index (κ2) is 7.90. The highest BCUT2D eigenvalue weighted by atomic mass is 32.2. The van der Waals surface area contributed by atoms with Crippen LogP contribution in [0, 0.1) is 0 Å². The number of ether oxygens (including phenoxy) is 1. The molecule has 1 amide bonds. The zero-order chi connectivity index (χ0) is 20.5. The topological polar surface area (TPSA) is 105 Å². The Morgan fingerprint density at radius 3 is 2.64 bits per heavy atom. The van der Waals surface area contributed by atoms with Crippen molar-refractivity contribution >= 4 is 27.7 Å². The van der Waals surface area contributed by atoms with Crippen molar-refractivity contribution in [3.63, 3.8) is 0 Å². The Morgan fingerprint density at radius 1 is 1.21 bits per heavy atom. The van der Waals surface area contributed by atoms with Crippen molar-refractivity contribution < 1.29 is 22.7 Å². The summed E-state index contributed by atoms with van der Waals surface area (Å²) in [5.41, 5.74) is 0.493. The van der Waals surface area contributed by atoms with Crippen LogP contribution in [0.4, 0.5) is 0 Å². The van der Waals surface area contributed by atoms with Crippen molar-refractivity contribution in [2.75, 3.05) is 6.54 Å². The van der Waals surface area contributed by atoms with Crippen LogP contribution in [0.3, 0.4) is 0 Å². The predicted molar refractivity (Wildman–Crippen MR) is 103 cm³/mol. The molecule has 0 saturated carbocycles. The van der Waals surface area contributed by atoms with E-state index in [1.54, 1.807) is 23.1 Å². The minimum Gasteiger partial charge on any atom is -0.451 e. The number of nitrogens with one attached hydrogen (secondary N) is 1. The van der Waals surface area contributed by atoms with E-state index in [4.69, 9.17) is 4.74 Å². The van der Waals surface area contributed by atoms with Gasteiger partial charge in [0.1, 0.15) is 10.9 Å². The molecule has 1 aromatic rings. The van der Waals surface area contributed by atoms with Gasteiger partial charge in [-0.3, -0.25) is 4.79 Å². The van der Waals surface area contributed by atoms with Gasteiger partial charge in [0.25, 0.3) is 15.9 Å². The van der Waals surface area contributed by atoms with Crippen LogP contribution in [0.2, 0.25) is 0 Å². The van der Waals surface area contributed by atoms with E-state index in [9.17, 15) is 18.0 Å². The smallest absolute Gasteiger partial charge is 0.329 e. The van der Waals surface area contributed by atoms with E-state index in [2.05, 4.69) is 9.71 Å². The molecule has 0 aromatic heterocycles. The summed E-state index contributed by atoms with van der Waals surface area (Å²) >= 11 is 0. The van der Waals surface area contributed by atoms with Gasteiger partial charge in [0.05, 0.1) is 0 Å². The van der Waals surface area contributed by atoms with Crippen LogP contribution in [0.5, 0.6) is 0 Å². The van der Waals surface area contributed by atoms with Crippen LogP contribution in [0.15, 0.2) is 33.6 Å². The van der Waals surface area contributed by atoms with Gasteiger partial charge < -0.3 is 15.0 Å². The molecule has 2 atom stereocenters. The molecule has 152 valence electrons. The summed E-state index contributed by atoms with van der Waals surface area (Å²) in [5, 5.41) is 2.71. The number of amidine groups is 1. The lowest BCUT2D eigenvalue weighted by molar-refractivity contribution is -0.159. The molecule has 1 saturated heterocycles. The van der Waals surface area contributed by atoms with Crippen LogP contribution in [0.25, 0.3) is 0 Å². The van der Waals surface area contributed by atoms with Crippen molar-refractivity contribution in [3.8, 4) is 0 Å². The first-order chi connectivity index (χ1) is 13.2. The fraction of sp³-hybridized carbons (Fsp3) is 0.526. The fourth-order valence-electron chi connectivity index (χ4n) is 3.43. The van der Waals surface area contributed by atoms with E-state index in [0.717, 1.165) is 12.8 Å². The Balaban J connectivity index is 1.82. The number of carbonyl (C=O) groups excluding carboxylic acids is 2. The third-order valence-electron chi connectivity index (χ3n) is 4.75. The monoisotopic (exact) mass is 407 g/mol. The molecule has 3 rings (SSSR count). The lowest BCUT2D eigenvalue weighted by Gasteiger charge is -2.35. The average Bonchev–Trinajstić information content (AvgIpc) is 2.92. The van der Waals surface area contributed by atoms with Gasteiger partial charge in [-0.05, 0) is 52.2 Å². The van der Waals surface area contributed by atoms with Crippen molar-refractivity contribution in [2.24, 2.45) is 4.40 Å². The number of amides is 1. The van der Waals surface area contributed by atoms with Gasteiger partial charge >= 0.3 is 5.97 Å². The molecular weight excluding hydrogens is 382 g/mol. The number of rotatable bonds is 4. The van der Waals surface area contributed by atoms with Crippen LogP contribution >= 0.6 is 0 Å². The number of nitrogens with zero attached hydrogens (tertiary/aromatic N) is 2. The first-order valence-electron chi connectivity index (χ1n) is 9.42. The Morgan fingerprint density at radius 2 is 1.93 bits per heavy atom. The first kappa shape index (κ1) is 20.3. The molecule has 1 fully saturated rings. The van der Waals surface area contributed by atoms with Crippen molar-refractivity contribution in [1.82, 2.24) is 10.2 Å². The molecule has 0 aliphatic carbocycles. The minimum absolute atomic E-state index is 0.0608. The van der Waals surface area contributed by atoms with E-state index in [1.165, 1.54) is 13.0 Å². The normalized spacial score (nSPS) is 21.6. The standard InChI is InChI=1S/C19H25N3O5S/c1-12(2)20-18(23)13(3)27-19(24)15-9-6-7-11-22(15)17-14-8-4-5-10-16(14)28(25,26)21-17/h4-5,8,10,12-13,15H,6-7,9,11H2,1-3H3,(H,20,23)/t13-,15-/m0/s1. The predicted octanol–water partition coefficient (Wildman–Crippen LogP) is 1.45. The fourth-order valence-corrected chi connectivity index (χ4v) is 4.65. The highest BCUT2D eigenvalue weighted by molar-refractivity contribution is 7.90. The van der Waals surface area contributed by atoms with Crippen LogP contribution in [-0.4, -0.2) is 55.8 Å². The molecule has 0 radical (unpaired) electrons. The van der Waals surface area contributed by atoms with Gasteiger partial charge in [0, 0.05) is 18.2 Å². The minimum atomic E-state index is -3.77. The second-order valence-electron chi connectivity index (χ2n) is 7.33. The third kappa shape index (κ3) is 4.04. The van der Waals surface area contributed by atoms with E-state index < -0.39 is 28.1 Å². The summed E-state index contributed by atoms with van der Waals surface area (Å²) in [5.74, 6) is -0.635. The van der Waals surface area contributed by atoms with Gasteiger partial charge in [0.15, 0.2) is 11.9 Å². The van der Waals surface area contributed by atoms with Crippen molar-refractivity contribution in [3.05, 3.63) is 29.8 Å². The number of carbonyl (C=O) groups is 2. The quantitative estimate of drug-likeness (QED) is 0.758. The third-order valence-corrected chi connectivity index (χ3v) is 6.08. The van der Waals surface area contributed by atoms with Crippen molar-refractivity contribution in [2.45, 2.75) is 63.1 Å². The molecule has 2 aliphatic rings. The molecule has 0 spiro atoms. The average molecular weight is 407 g/mol. The van der Waals surface area contributed by atoms with Gasteiger partial charge in [-0.15, -0.1) is 4.40 Å². The molecule has 0 bridgehead atoms. The number of esters is 1. The summed E-state index contributed by atoms with van der Waals surface area (Å²) in [7, 11) is -3.77. The van der Waals surface area contributed by atoms with Gasteiger partial charge in [-0.1, -0.05) is 12.1 Å². The highest BCUT2D eigenvalue weighted by Gasteiger charge is 2.39. The Hall–Kier alpha value is -2.42. The summed E-state index contributed by atoms with van der Waals surface area (Å²) in [4.78, 5) is 26.7. The second-order valence-corrected chi connectivity index (χ2v) is 8.91. The summed E-state index contributed by atoms with van der Waals surface area (Å²) < 4.78 is 34.0. The van der Waals surface area contributed by atoms with E-state index >= 15 is 0 Å². The van der Waals surface area contributed by atoms with E-state index in [0.29, 0.717) is 18.5 Å². The zero-order valence-electron chi connectivity index (χ0n) is 16.2. The number of likely N-dealkylation sites (tertiary alicyclic amines) is 1. The number of sulfonamides is 1. The van der Waals surface area contributed by atoms with E-state index in [-0.39, 0.29) is 22.7 Å². The molecule has 28 heavy (non-hydrogen) atoms. The summed E-state index contributed by atoms with van der Waals surface area (Å²) in [6, 6.07) is 5.85. The molecule has 9 heteroatoms. The molecule has 2 aliphatic heterocycles. The number of hydrogen-bond acceptors (Lipinski definition) is 6. The molecule has 0 unspecified atom stereocenters. The maximum absolute atomic E-state index is 12.8. The molecule has 1 N–H and O–H groups in total. The van der Waals surface area contributed by atoms with Crippen LogP contribution in [0.1, 0.15) is 45.6 Å². The van der Waals surface area contributed by atoms with E-state index in [1.807, 2.05) is 13.8 Å². The number of piperidine rings is 1. The van der Waals surface area contributed by atoms with Crippen LogP contribution < -0.4 is 5.32 Å². The molecule has 1 aromatic carbocycles. The highest BCUT2D eigenvalue weighted by Crippen LogP contribution is 2.31. The number of fused-ring (bicyclic) bond motifs is 1. The first-order valence-corrected chi connectivity index (χ1v) is 10.9. The summed E-state index contributed by atoms with van der Waals surface area (Å²) in [6.07, 6.45) is 1.21. The van der Waals surface area contributed by atoms with Gasteiger partial charge in [-0.2, -0.15) is 8.42 Å². The molecular formula is C19H25N3O5S. The van der Waals surface area contributed by atoms with Crippen molar-refractivity contribution in [1.29, 1.82) is 0 Å². The lowest BCUT2D eigenvalue weighted by atomic mass is 10.0. The maximum Gasteiger partial charge on any atom is 0.329 e. The number of benzene rings is 1. The Labute approximate surface area is 165 Å². The largest absolute Gasteiger partial charge is 0.451 e. The summed E-state index contributed by atoms with van der Waals surface area (Å²) in [6.45, 7) is 5.67. The molecule has 2 heterocycles. The van der Waals surface area contributed by atoms with Gasteiger partial charge in [0.2, 0.25) is 0 Å². The maximum atomic E-state index is 12.8. The van der Waals surface area contributed by atoms with Gasteiger partial charge in [-0.25, -0.2) is 4.79 Å². The molecule has 8 nitrogen and oxygen atoms in total. The zero-order valence-corrected chi connectivity index (χ0v) is 17.0. The lowest BCUT2D eigenvalue weighted by Crippen LogP contribution is -2.50. The van der Waals surface area contributed by atoms with Crippen LogP contribution in [-0.2, 0) is 24.3 Å².